The number of alkyl halides is 1. The monoisotopic (exact) mass is 386 g/mol. The quantitative estimate of drug-likeness (QED) is 0.292. The molecule has 0 aliphatic carbocycles. The van der Waals surface area contributed by atoms with Gasteiger partial charge >= 0.3 is 0 Å². The van der Waals surface area contributed by atoms with Crippen LogP contribution in [-0.2, 0) is 6.42 Å². The van der Waals surface area contributed by atoms with Crippen molar-refractivity contribution in [3.8, 4) is 0 Å². The Morgan fingerprint density at radius 3 is 2.05 bits per heavy atom. The fourth-order valence-corrected chi connectivity index (χ4v) is 1.73. The van der Waals surface area contributed by atoms with E-state index in [1.54, 1.807) is 0 Å². The van der Waals surface area contributed by atoms with Gasteiger partial charge in [-0.2, -0.15) is 0 Å². The minimum atomic E-state index is 0.662. The molecule has 1 rings (SSSR count). The van der Waals surface area contributed by atoms with Gasteiger partial charge in [0.15, 0.2) is 0 Å². The summed E-state index contributed by atoms with van der Waals surface area (Å²) in [4.78, 5) is 1.97. The van der Waals surface area contributed by atoms with Crippen LogP contribution in [0.5, 0.6) is 0 Å². The fourth-order valence-electron chi connectivity index (χ4n) is 1.73. The Balaban J connectivity index is 0. The number of halogens is 1. The molecule has 0 aliphatic rings. The number of benzene rings is 1. The molecular weight excluding hydrogens is 355 g/mol. The molecule has 0 N–H and O–H groups in total. The van der Waals surface area contributed by atoms with E-state index in [4.69, 9.17) is 0 Å². The average molecular weight is 386 g/mol. The highest BCUT2D eigenvalue weighted by molar-refractivity contribution is 14.1. The van der Waals surface area contributed by atoms with Crippen LogP contribution >= 0.6 is 22.6 Å². The summed E-state index contributed by atoms with van der Waals surface area (Å²) in [5, 5.41) is 0. The molecule has 114 valence electrons. The zero-order valence-corrected chi connectivity index (χ0v) is 16.2. The van der Waals surface area contributed by atoms with E-state index in [1.165, 1.54) is 23.1 Å². The molecule has 0 heterocycles. The van der Waals surface area contributed by atoms with Gasteiger partial charge in [0, 0.05) is 0 Å². The van der Waals surface area contributed by atoms with E-state index in [2.05, 4.69) is 80.3 Å². The number of hydrogen-bond donors (Lipinski definition) is 0. The molecule has 1 aromatic carbocycles. The first-order chi connectivity index (χ1) is 9.71. The van der Waals surface area contributed by atoms with E-state index in [0.717, 1.165) is 6.42 Å². The Bertz CT molecular complexity index is 360. The molecule has 0 bridgehead atoms. The predicted molar refractivity (Wildman–Crippen MR) is 104 cm³/mol. The summed E-state index contributed by atoms with van der Waals surface area (Å²) in [6.07, 6.45) is 6.24. The van der Waals surface area contributed by atoms with Crippen LogP contribution < -0.4 is 0 Å². The highest BCUT2D eigenvalue weighted by Crippen LogP contribution is 2.19. The van der Waals surface area contributed by atoms with Crippen LogP contribution in [0, 0.1) is 0 Å². The van der Waals surface area contributed by atoms with Gasteiger partial charge in [-0.15, -0.1) is 0 Å². The highest BCUT2D eigenvalue weighted by atomic mass is 127. The molecule has 0 aromatic heterocycles. The lowest BCUT2D eigenvalue weighted by Crippen LogP contribution is -1.93. The summed E-state index contributed by atoms with van der Waals surface area (Å²) in [5.74, 6) is 0.662. The molecule has 1 heteroatoms. The highest BCUT2D eigenvalue weighted by Gasteiger charge is 2.02. The molecule has 0 saturated carbocycles. The topological polar surface area (TPSA) is 0 Å². The third-order valence-electron chi connectivity index (χ3n) is 3.20. The lowest BCUT2D eigenvalue weighted by Gasteiger charge is -2.10. The van der Waals surface area contributed by atoms with Crippen LogP contribution in [0.3, 0.4) is 0 Å². The maximum atomic E-state index is 3.82. The molecule has 0 spiro atoms. The Labute approximate surface area is 140 Å². The van der Waals surface area contributed by atoms with Crippen LogP contribution in [0.1, 0.15) is 58.1 Å². The van der Waals surface area contributed by atoms with Crippen LogP contribution in [0.25, 0.3) is 0 Å². The lowest BCUT2D eigenvalue weighted by molar-refractivity contribution is 0.733. The van der Waals surface area contributed by atoms with E-state index in [9.17, 15) is 0 Å². The maximum absolute atomic E-state index is 3.82. The smallest absolute Gasteiger partial charge is 0.00293 e. The first-order valence-electron chi connectivity index (χ1n) is 7.45. The first kappa shape index (κ1) is 21.7. The molecule has 1 aromatic rings. The van der Waals surface area contributed by atoms with Crippen molar-refractivity contribution in [3.05, 3.63) is 59.7 Å². The second-order valence-corrected chi connectivity index (χ2v) is 4.30. The Kier molecular flexibility index (Phi) is 16.1. The van der Waals surface area contributed by atoms with Gasteiger partial charge in [0.25, 0.3) is 0 Å². The minimum Gasteiger partial charge on any atom is -0.0988 e. The third kappa shape index (κ3) is 8.57. The predicted octanol–water partition coefficient (Wildman–Crippen LogP) is 6.95. The molecular formula is C19H31I. The van der Waals surface area contributed by atoms with Gasteiger partial charge in [-0.1, -0.05) is 93.3 Å². The zero-order chi connectivity index (χ0) is 16.0. The van der Waals surface area contributed by atoms with Crippen LogP contribution in [-0.4, -0.2) is 4.93 Å². The van der Waals surface area contributed by atoms with Gasteiger partial charge in [-0.3, -0.25) is 0 Å². The molecule has 0 saturated heterocycles. The van der Waals surface area contributed by atoms with Crippen LogP contribution in [0.4, 0.5) is 0 Å². The molecule has 1 unspecified atom stereocenters. The molecule has 0 radical (unpaired) electrons. The van der Waals surface area contributed by atoms with E-state index in [-0.39, 0.29) is 0 Å². The van der Waals surface area contributed by atoms with Crippen molar-refractivity contribution in [2.24, 2.45) is 0 Å². The first-order valence-corrected chi connectivity index (χ1v) is 9.61. The second kappa shape index (κ2) is 14.8. The van der Waals surface area contributed by atoms with Crippen molar-refractivity contribution in [2.45, 2.75) is 53.4 Å². The third-order valence-corrected chi connectivity index (χ3v) is 3.20. The zero-order valence-electron chi connectivity index (χ0n) is 14.0. The van der Waals surface area contributed by atoms with Crippen molar-refractivity contribution in [2.75, 3.05) is 4.93 Å². The van der Waals surface area contributed by atoms with Gasteiger partial charge in [0.1, 0.15) is 0 Å². The van der Waals surface area contributed by atoms with E-state index in [0.29, 0.717) is 5.92 Å². The van der Waals surface area contributed by atoms with E-state index < -0.39 is 0 Å². The van der Waals surface area contributed by atoms with Crippen molar-refractivity contribution in [3.63, 3.8) is 0 Å². The number of allylic oxidation sites excluding steroid dienone is 3. The lowest BCUT2D eigenvalue weighted by atomic mass is 9.96. The van der Waals surface area contributed by atoms with E-state index in [1.807, 2.05) is 24.9 Å². The second-order valence-electron chi connectivity index (χ2n) is 4.30. The summed E-state index contributed by atoms with van der Waals surface area (Å²) in [6, 6.07) is 8.96. The van der Waals surface area contributed by atoms with Gasteiger partial charge in [0.2, 0.25) is 0 Å². The van der Waals surface area contributed by atoms with Crippen molar-refractivity contribution in [1.82, 2.24) is 0 Å². The van der Waals surface area contributed by atoms with Crippen molar-refractivity contribution < 1.29 is 0 Å². The molecule has 20 heavy (non-hydrogen) atoms. The molecule has 0 fully saturated rings. The maximum Gasteiger partial charge on any atom is -0.00293 e. The molecule has 1 atom stereocenters. The van der Waals surface area contributed by atoms with Gasteiger partial charge in [-0.05, 0) is 47.3 Å². The number of rotatable bonds is 5. The molecule has 0 amide bonds. The summed E-state index contributed by atoms with van der Waals surface area (Å²) in [7, 11) is 0. The van der Waals surface area contributed by atoms with Gasteiger partial charge in [-0.25, -0.2) is 0 Å². The minimum absolute atomic E-state index is 0.662. The fraction of sp³-hybridized carbons (Fsp3) is 0.474. The van der Waals surface area contributed by atoms with Crippen molar-refractivity contribution >= 4 is 22.6 Å². The number of hydrogen-bond acceptors (Lipinski definition) is 0. The van der Waals surface area contributed by atoms with Crippen LogP contribution in [0.15, 0.2) is 48.6 Å². The summed E-state index contributed by atoms with van der Waals surface area (Å²) in [5.41, 5.74) is 4.09. The van der Waals surface area contributed by atoms with E-state index >= 15 is 0 Å². The van der Waals surface area contributed by atoms with Gasteiger partial charge < -0.3 is 0 Å². The summed E-state index contributed by atoms with van der Waals surface area (Å²) < 4.78 is 0. The van der Waals surface area contributed by atoms with Crippen LogP contribution in [0.2, 0.25) is 0 Å². The van der Waals surface area contributed by atoms with Crippen molar-refractivity contribution in [1.29, 1.82) is 0 Å². The SMILES string of the molecule is C=C/C(=C\C)Cc1ccc(C(C)CC)cc1.CC.CI. The standard InChI is InChI=1S/C16H22.C2H6.CH3I/c1-5-13(4)16-10-8-15(9-11-16)12-14(6-2)7-3;2*1-2/h6-11,13H,2,5,12H2,1,3-4H3;1-2H3;1H3/b14-7+;;. The normalized spacial score (nSPS) is 11.4. The largest absolute Gasteiger partial charge is 0.0988 e. The average Bonchev–Trinajstić information content (AvgIpc) is 2.56. The Morgan fingerprint density at radius 1 is 1.20 bits per heavy atom. The summed E-state index contributed by atoms with van der Waals surface area (Å²) in [6.45, 7) is 14.4. The molecule has 0 aliphatic heterocycles. The molecule has 0 nitrogen and oxygen atoms in total. The summed E-state index contributed by atoms with van der Waals surface area (Å²) >= 11 is 2.15. The Morgan fingerprint density at radius 2 is 1.70 bits per heavy atom. The Hall–Kier alpha value is -0.570. The van der Waals surface area contributed by atoms with Gasteiger partial charge in [0.05, 0.1) is 0 Å².